The maximum atomic E-state index is 10.6. The van der Waals surface area contributed by atoms with E-state index < -0.39 is 5.91 Å². The highest BCUT2D eigenvalue weighted by molar-refractivity contribution is 5.92. The second-order valence-electron chi connectivity index (χ2n) is 1.46. The van der Waals surface area contributed by atoms with Crippen molar-refractivity contribution >= 4 is 5.91 Å². The standard InChI is InChI=1S/C4H3N5O/c5-9-8-4(10)3-1-2-6-7-3/h1-2H,(H,6,7). The van der Waals surface area contributed by atoms with E-state index in [1.807, 2.05) is 0 Å². The minimum Gasteiger partial charge on any atom is -0.285 e. The van der Waals surface area contributed by atoms with Crippen molar-refractivity contribution in [2.75, 3.05) is 0 Å². The summed E-state index contributed by atoms with van der Waals surface area (Å²) >= 11 is 0. The van der Waals surface area contributed by atoms with Crippen LogP contribution in [0.3, 0.4) is 0 Å². The summed E-state index contributed by atoms with van der Waals surface area (Å²) in [5.74, 6) is -0.653. The molecule has 50 valence electrons. The van der Waals surface area contributed by atoms with Crippen molar-refractivity contribution in [1.29, 1.82) is 0 Å². The molecule has 0 saturated heterocycles. The number of carbonyl (C=O) groups excluding carboxylic acids is 1. The van der Waals surface area contributed by atoms with Gasteiger partial charge in [-0.05, 0) is 16.7 Å². The molecule has 0 aliphatic rings. The molecule has 0 aromatic carbocycles. The van der Waals surface area contributed by atoms with Gasteiger partial charge in [-0.15, -0.1) is 0 Å². The van der Waals surface area contributed by atoms with Gasteiger partial charge in [0, 0.05) is 11.1 Å². The summed E-state index contributed by atoms with van der Waals surface area (Å²) in [4.78, 5) is 12.9. The third-order valence-corrected chi connectivity index (χ3v) is 0.867. The Labute approximate surface area is 55.5 Å². The smallest absolute Gasteiger partial charge is 0.266 e. The maximum Gasteiger partial charge on any atom is 0.266 e. The van der Waals surface area contributed by atoms with E-state index in [0.29, 0.717) is 0 Å². The van der Waals surface area contributed by atoms with Crippen LogP contribution >= 0.6 is 0 Å². The number of amides is 1. The van der Waals surface area contributed by atoms with Gasteiger partial charge < -0.3 is 0 Å². The number of hydrogen-bond donors (Lipinski definition) is 1. The van der Waals surface area contributed by atoms with Crippen molar-refractivity contribution in [1.82, 2.24) is 10.2 Å². The van der Waals surface area contributed by atoms with Crippen LogP contribution in [0, 0.1) is 0 Å². The Morgan fingerprint density at radius 1 is 1.90 bits per heavy atom. The summed E-state index contributed by atoms with van der Waals surface area (Å²) < 4.78 is 0. The quantitative estimate of drug-likeness (QED) is 0.353. The fourth-order valence-corrected chi connectivity index (χ4v) is 0.469. The zero-order valence-corrected chi connectivity index (χ0v) is 4.85. The van der Waals surface area contributed by atoms with Crippen LogP contribution in [-0.4, -0.2) is 16.1 Å². The number of rotatable bonds is 1. The molecule has 1 aromatic heterocycles. The summed E-state index contributed by atoms with van der Waals surface area (Å²) in [6.07, 6.45) is 1.40. The Bertz CT molecular complexity index is 270. The highest BCUT2D eigenvalue weighted by Crippen LogP contribution is 1.93. The number of carbonyl (C=O) groups is 1. The molecule has 0 bridgehead atoms. The summed E-state index contributed by atoms with van der Waals surface area (Å²) in [5.41, 5.74) is 8.03. The van der Waals surface area contributed by atoms with Crippen molar-refractivity contribution in [3.8, 4) is 0 Å². The van der Waals surface area contributed by atoms with Gasteiger partial charge in [-0.2, -0.15) is 5.10 Å². The first kappa shape index (κ1) is 6.31. The fourth-order valence-electron chi connectivity index (χ4n) is 0.469. The van der Waals surface area contributed by atoms with E-state index in [1.165, 1.54) is 12.3 Å². The number of hydrogen-bond acceptors (Lipinski definition) is 2. The van der Waals surface area contributed by atoms with Crippen LogP contribution in [0.5, 0.6) is 0 Å². The summed E-state index contributed by atoms with van der Waals surface area (Å²) in [7, 11) is 0. The largest absolute Gasteiger partial charge is 0.285 e. The van der Waals surface area contributed by atoms with Crippen molar-refractivity contribution < 1.29 is 4.79 Å². The molecule has 0 saturated carbocycles. The van der Waals surface area contributed by atoms with E-state index >= 15 is 0 Å². The molecule has 0 radical (unpaired) electrons. The molecular weight excluding hydrogens is 134 g/mol. The second-order valence-corrected chi connectivity index (χ2v) is 1.46. The summed E-state index contributed by atoms with van der Waals surface area (Å²) in [5, 5.41) is 8.69. The van der Waals surface area contributed by atoms with Gasteiger partial charge >= 0.3 is 0 Å². The first-order valence-corrected chi connectivity index (χ1v) is 2.43. The molecule has 0 spiro atoms. The molecule has 1 amide bonds. The Kier molecular flexibility index (Phi) is 1.67. The van der Waals surface area contributed by atoms with E-state index in [9.17, 15) is 4.79 Å². The lowest BCUT2D eigenvalue weighted by molar-refractivity contribution is 0.0995. The normalized spacial score (nSPS) is 8.40. The lowest BCUT2D eigenvalue weighted by atomic mass is 10.4. The molecular formula is C4H3N5O. The monoisotopic (exact) mass is 137 g/mol. The molecule has 1 rings (SSSR count). The average molecular weight is 137 g/mol. The third-order valence-electron chi connectivity index (χ3n) is 0.867. The predicted octanol–water partition coefficient (Wildman–Crippen LogP) is 0.860. The molecule has 10 heavy (non-hydrogen) atoms. The molecule has 0 atom stereocenters. The molecule has 6 nitrogen and oxygen atoms in total. The van der Waals surface area contributed by atoms with Crippen molar-refractivity contribution in [2.24, 2.45) is 5.11 Å². The van der Waals surface area contributed by atoms with Crippen molar-refractivity contribution in [3.63, 3.8) is 0 Å². The Morgan fingerprint density at radius 3 is 3.20 bits per heavy atom. The van der Waals surface area contributed by atoms with Gasteiger partial charge in [-0.3, -0.25) is 9.89 Å². The lowest BCUT2D eigenvalue weighted by Gasteiger charge is -1.81. The molecule has 1 aromatic rings. The van der Waals surface area contributed by atoms with E-state index in [-0.39, 0.29) is 5.69 Å². The maximum absolute atomic E-state index is 10.6. The SMILES string of the molecule is [N-]=[N+]=NC(=O)c1ccn[nH]1. The highest BCUT2D eigenvalue weighted by Gasteiger charge is 2.01. The second kappa shape index (κ2) is 2.65. The van der Waals surface area contributed by atoms with E-state index in [1.54, 1.807) is 0 Å². The van der Waals surface area contributed by atoms with Crippen LogP contribution in [0.2, 0.25) is 0 Å². The summed E-state index contributed by atoms with van der Waals surface area (Å²) in [6.45, 7) is 0. The number of H-pyrrole nitrogens is 1. The molecule has 0 fully saturated rings. The number of aromatic nitrogens is 2. The lowest BCUT2D eigenvalue weighted by Crippen LogP contribution is -1.92. The van der Waals surface area contributed by atoms with Crippen LogP contribution in [0.4, 0.5) is 0 Å². The molecule has 0 aliphatic carbocycles. The Balaban J connectivity index is 2.87. The molecule has 1 heterocycles. The topological polar surface area (TPSA) is 94.5 Å². The van der Waals surface area contributed by atoms with Crippen LogP contribution in [0.25, 0.3) is 10.4 Å². The van der Waals surface area contributed by atoms with Crippen molar-refractivity contribution in [3.05, 3.63) is 28.4 Å². The minimum atomic E-state index is -0.653. The number of nitrogens with zero attached hydrogens (tertiary/aromatic N) is 4. The molecule has 1 N–H and O–H groups in total. The fraction of sp³-hybridized carbons (Fsp3) is 0. The molecule has 0 unspecified atom stereocenters. The average Bonchev–Trinajstić information content (AvgIpc) is 2.38. The molecule has 0 aliphatic heterocycles. The van der Waals surface area contributed by atoms with Gasteiger partial charge in [0.25, 0.3) is 5.91 Å². The zero-order chi connectivity index (χ0) is 7.40. The van der Waals surface area contributed by atoms with Gasteiger partial charge in [0.1, 0.15) is 5.69 Å². The third kappa shape index (κ3) is 1.12. The van der Waals surface area contributed by atoms with E-state index in [0.717, 1.165) is 0 Å². The number of aromatic amines is 1. The van der Waals surface area contributed by atoms with Crippen LogP contribution in [0.15, 0.2) is 17.4 Å². The van der Waals surface area contributed by atoms with Gasteiger partial charge in [0.05, 0.1) is 0 Å². The van der Waals surface area contributed by atoms with Gasteiger partial charge in [0.15, 0.2) is 0 Å². The van der Waals surface area contributed by atoms with Crippen LogP contribution in [-0.2, 0) is 0 Å². The van der Waals surface area contributed by atoms with Gasteiger partial charge in [-0.1, -0.05) is 0 Å². The van der Waals surface area contributed by atoms with E-state index in [4.69, 9.17) is 5.53 Å². The van der Waals surface area contributed by atoms with Crippen LogP contribution in [0.1, 0.15) is 10.5 Å². The molecule has 6 heteroatoms. The van der Waals surface area contributed by atoms with Crippen molar-refractivity contribution in [2.45, 2.75) is 0 Å². The predicted molar refractivity (Wildman–Crippen MR) is 32.1 cm³/mol. The van der Waals surface area contributed by atoms with Gasteiger partial charge in [0.2, 0.25) is 0 Å². The van der Waals surface area contributed by atoms with E-state index in [2.05, 4.69) is 20.2 Å². The number of nitrogens with one attached hydrogen (secondary N) is 1. The first-order chi connectivity index (χ1) is 4.84. The highest BCUT2D eigenvalue weighted by atomic mass is 16.1. The number of azide groups is 1. The van der Waals surface area contributed by atoms with Gasteiger partial charge in [-0.25, -0.2) is 0 Å². The summed E-state index contributed by atoms with van der Waals surface area (Å²) in [6, 6.07) is 1.43. The first-order valence-electron chi connectivity index (χ1n) is 2.43. The van der Waals surface area contributed by atoms with Crippen LogP contribution < -0.4 is 0 Å². The Hall–Kier alpha value is -1.81. The zero-order valence-electron chi connectivity index (χ0n) is 4.85. The Morgan fingerprint density at radius 2 is 2.70 bits per heavy atom. The minimum absolute atomic E-state index is 0.192.